The number of nitrogens with zero attached hydrogens (tertiary/aromatic N) is 2. The smallest absolute Gasteiger partial charge is 0.254 e. The van der Waals surface area contributed by atoms with Crippen LogP contribution in [0.1, 0.15) is 36.2 Å². The van der Waals surface area contributed by atoms with E-state index in [1.54, 1.807) is 23.1 Å². The van der Waals surface area contributed by atoms with E-state index in [2.05, 4.69) is 28.8 Å². The maximum Gasteiger partial charge on any atom is 0.254 e. The summed E-state index contributed by atoms with van der Waals surface area (Å²) in [6, 6.07) is 8.91. The molecule has 2 rings (SSSR count). The van der Waals surface area contributed by atoms with Crippen molar-refractivity contribution in [2.45, 2.75) is 27.2 Å². The number of hydrogen-bond donors (Lipinski definition) is 1. The number of aryl methyl sites for hydroxylation is 1. The third-order valence-corrected chi connectivity index (χ3v) is 3.60. The lowest BCUT2D eigenvalue weighted by Gasteiger charge is -2.23. The van der Waals surface area contributed by atoms with Gasteiger partial charge in [0, 0.05) is 18.2 Å². The molecule has 0 bridgehead atoms. The molecule has 0 aliphatic carbocycles. The van der Waals surface area contributed by atoms with Crippen LogP contribution in [0.15, 0.2) is 41.1 Å². The third-order valence-electron chi connectivity index (χ3n) is 3.60. The minimum Gasteiger partial charge on any atom is -0.363 e. The number of rotatable bonds is 7. The monoisotopic (exact) mass is 329 g/mol. The van der Waals surface area contributed by atoms with Crippen LogP contribution < -0.4 is 5.32 Å². The van der Waals surface area contributed by atoms with E-state index in [0.717, 1.165) is 12.0 Å². The fourth-order valence-electron chi connectivity index (χ4n) is 2.18. The Morgan fingerprint density at radius 1 is 1.21 bits per heavy atom. The number of carbonyl (C=O) groups is 2. The molecule has 0 saturated heterocycles. The number of anilines is 1. The van der Waals surface area contributed by atoms with Gasteiger partial charge in [-0.05, 0) is 31.4 Å². The summed E-state index contributed by atoms with van der Waals surface area (Å²) in [6.45, 7) is 6.65. The number of aromatic nitrogens is 1. The van der Waals surface area contributed by atoms with E-state index in [4.69, 9.17) is 0 Å². The largest absolute Gasteiger partial charge is 0.363 e. The van der Waals surface area contributed by atoms with Gasteiger partial charge in [0.15, 0.2) is 5.82 Å². The van der Waals surface area contributed by atoms with Gasteiger partial charge in [0.05, 0.1) is 0 Å². The van der Waals surface area contributed by atoms with Crippen LogP contribution in [0.2, 0.25) is 0 Å². The van der Waals surface area contributed by atoms with Crippen LogP contribution in [0.4, 0.5) is 5.82 Å². The molecule has 2 aromatic rings. The van der Waals surface area contributed by atoms with Crippen molar-refractivity contribution in [3.05, 3.63) is 47.7 Å². The standard InChI is InChI=1S/C18H23N3O3/c1-13(2)8-10-21(12-17(22)19-16-9-11-24-20-16)18(23)15-6-4-14(3)5-7-15/h4-7,9,11,13H,8,10,12H2,1-3H3,(H,19,20,22). The summed E-state index contributed by atoms with van der Waals surface area (Å²) in [7, 11) is 0. The average molecular weight is 329 g/mol. The van der Waals surface area contributed by atoms with E-state index in [1.807, 2.05) is 19.1 Å². The topological polar surface area (TPSA) is 75.4 Å². The quantitative estimate of drug-likeness (QED) is 0.847. The molecule has 0 atom stereocenters. The summed E-state index contributed by atoms with van der Waals surface area (Å²) in [5.74, 6) is 0.336. The molecule has 0 saturated carbocycles. The van der Waals surface area contributed by atoms with Crippen molar-refractivity contribution in [2.24, 2.45) is 5.92 Å². The second-order valence-corrected chi connectivity index (χ2v) is 6.21. The summed E-state index contributed by atoms with van der Waals surface area (Å²) in [5, 5.41) is 6.26. The van der Waals surface area contributed by atoms with Crippen molar-refractivity contribution in [1.29, 1.82) is 0 Å². The Kier molecular flexibility index (Phi) is 6.12. The van der Waals surface area contributed by atoms with E-state index in [-0.39, 0.29) is 18.4 Å². The number of amides is 2. The summed E-state index contributed by atoms with van der Waals surface area (Å²) in [4.78, 5) is 26.5. The van der Waals surface area contributed by atoms with Gasteiger partial charge in [0.25, 0.3) is 5.91 Å². The highest BCUT2D eigenvalue weighted by Crippen LogP contribution is 2.10. The van der Waals surface area contributed by atoms with Gasteiger partial charge in [-0.2, -0.15) is 0 Å². The summed E-state index contributed by atoms with van der Waals surface area (Å²) >= 11 is 0. The van der Waals surface area contributed by atoms with Crippen molar-refractivity contribution in [2.75, 3.05) is 18.4 Å². The van der Waals surface area contributed by atoms with E-state index in [1.165, 1.54) is 6.26 Å². The summed E-state index contributed by atoms with van der Waals surface area (Å²) < 4.78 is 4.68. The number of carbonyl (C=O) groups excluding carboxylic acids is 2. The van der Waals surface area contributed by atoms with Crippen LogP contribution in [0.5, 0.6) is 0 Å². The van der Waals surface area contributed by atoms with Crippen LogP contribution in [0.3, 0.4) is 0 Å². The molecule has 0 spiro atoms. The van der Waals surface area contributed by atoms with Gasteiger partial charge in [-0.15, -0.1) is 0 Å². The first-order valence-corrected chi connectivity index (χ1v) is 8.02. The van der Waals surface area contributed by atoms with E-state index < -0.39 is 0 Å². The molecule has 1 aromatic carbocycles. The lowest BCUT2D eigenvalue weighted by molar-refractivity contribution is -0.117. The Bertz CT molecular complexity index is 663. The first kappa shape index (κ1) is 17.7. The van der Waals surface area contributed by atoms with Gasteiger partial charge in [0.2, 0.25) is 5.91 Å². The Morgan fingerprint density at radius 2 is 1.92 bits per heavy atom. The first-order valence-electron chi connectivity index (χ1n) is 8.02. The predicted molar refractivity (Wildman–Crippen MR) is 91.7 cm³/mol. The zero-order valence-electron chi connectivity index (χ0n) is 14.3. The maximum atomic E-state index is 12.7. The fraction of sp³-hybridized carbons (Fsp3) is 0.389. The Hall–Kier alpha value is -2.63. The number of hydrogen-bond acceptors (Lipinski definition) is 4. The van der Waals surface area contributed by atoms with Crippen molar-refractivity contribution in [3.63, 3.8) is 0 Å². The van der Waals surface area contributed by atoms with Crippen LogP contribution in [0.25, 0.3) is 0 Å². The van der Waals surface area contributed by atoms with Crippen molar-refractivity contribution < 1.29 is 14.1 Å². The van der Waals surface area contributed by atoms with Gasteiger partial charge >= 0.3 is 0 Å². The zero-order valence-corrected chi connectivity index (χ0v) is 14.3. The van der Waals surface area contributed by atoms with Crippen LogP contribution in [-0.4, -0.2) is 35.0 Å². The lowest BCUT2D eigenvalue weighted by atomic mass is 10.1. The number of nitrogens with one attached hydrogen (secondary N) is 1. The lowest BCUT2D eigenvalue weighted by Crippen LogP contribution is -2.39. The van der Waals surface area contributed by atoms with E-state index in [0.29, 0.717) is 23.8 Å². The molecular weight excluding hydrogens is 306 g/mol. The maximum absolute atomic E-state index is 12.7. The molecule has 1 heterocycles. The second kappa shape index (κ2) is 8.29. The molecule has 6 nitrogen and oxygen atoms in total. The van der Waals surface area contributed by atoms with Crippen molar-refractivity contribution in [3.8, 4) is 0 Å². The summed E-state index contributed by atoms with van der Waals surface area (Å²) in [6.07, 6.45) is 2.21. The minimum atomic E-state index is -0.298. The Balaban J connectivity index is 2.06. The molecule has 2 amide bonds. The first-order chi connectivity index (χ1) is 11.5. The average Bonchev–Trinajstić information content (AvgIpc) is 3.04. The second-order valence-electron chi connectivity index (χ2n) is 6.21. The fourth-order valence-corrected chi connectivity index (χ4v) is 2.18. The van der Waals surface area contributed by atoms with Gasteiger partial charge in [-0.25, -0.2) is 0 Å². The Morgan fingerprint density at radius 3 is 2.50 bits per heavy atom. The van der Waals surface area contributed by atoms with E-state index >= 15 is 0 Å². The highest BCUT2D eigenvalue weighted by Gasteiger charge is 2.19. The SMILES string of the molecule is Cc1ccc(C(=O)N(CCC(C)C)CC(=O)Nc2ccon2)cc1. The normalized spacial score (nSPS) is 10.7. The van der Waals surface area contributed by atoms with Crippen LogP contribution >= 0.6 is 0 Å². The van der Waals surface area contributed by atoms with Crippen molar-refractivity contribution >= 4 is 17.6 Å². The predicted octanol–water partition coefficient (Wildman–Crippen LogP) is 3.11. The van der Waals surface area contributed by atoms with Gasteiger partial charge in [-0.3, -0.25) is 9.59 Å². The molecular formula is C18H23N3O3. The molecule has 0 aliphatic rings. The molecule has 24 heavy (non-hydrogen) atoms. The minimum absolute atomic E-state index is 0.0215. The molecule has 1 N–H and O–H groups in total. The van der Waals surface area contributed by atoms with E-state index in [9.17, 15) is 9.59 Å². The highest BCUT2D eigenvalue weighted by molar-refractivity contribution is 5.99. The molecule has 6 heteroatoms. The molecule has 0 aliphatic heterocycles. The zero-order chi connectivity index (χ0) is 17.5. The summed E-state index contributed by atoms with van der Waals surface area (Å²) in [5.41, 5.74) is 1.67. The highest BCUT2D eigenvalue weighted by atomic mass is 16.5. The van der Waals surface area contributed by atoms with Crippen molar-refractivity contribution in [1.82, 2.24) is 10.1 Å². The Labute approximate surface area is 141 Å². The molecule has 128 valence electrons. The van der Waals surface area contributed by atoms with Gasteiger partial charge < -0.3 is 14.7 Å². The molecule has 1 aromatic heterocycles. The van der Waals surface area contributed by atoms with Crippen LogP contribution in [-0.2, 0) is 4.79 Å². The molecule has 0 fully saturated rings. The van der Waals surface area contributed by atoms with Gasteiger partial charge in [-0.1, -0.05) is 36.7 Å². The number of benzene rings is 1. The molecule has 0 radical (unpaired) electrons. The third kappa shape index (κ3) is 5.22. The van der Waals surface area contributed by atoms with Gasteiger partial charge in [0.1, 0.15) is 12.8 Å². The molecule has 0 unspecified atom stereocenters. The van der Waals surface area contributed by atoms with Crippen LogP contribution in [0, 0.1) is 12.8 Å².